The van der Waals surface area contributed by atoms with Crippen LogP contribution in [0.4, 0.5) is 0 Å². The van der Waals surface area contributed by atoms with Crippen LogP contribution in [0.25, 0.3) is 11.3 Å². The van der Waals surface area contributed by atoms with Gasteiger partial charge >= 0.3 is 0 Å². The minimum absolute atomic E-state index is 0.991. The largest absolute Gasteiger partial charge is 0.303 e. The van der Waals surface area contributed by atoms with Gasteiger partial charge in [-0.15, -0.1) is 0 Å². The molecular formula is C18H23N3. The van der Waals surface area contributed by atoms with Gasteiger partial charge in [0.1, 0.15) is 0 Å². The number of rotatable bonds is 6. The quantitative estimate of drug-likeness (QED) is 0.758. The van der Waals surface area contributed by atoms with E-state index in [0.717, 1.165) is 17.7 Å². The Morgan fingerprint density at radius 2 is 1.86 bits per heavy atom. The smallest absolute Gasteiger partial charge is 0.0717 e. The van der Waals surface area contributed by atoms with E-state index in [1.165, 1.54) is 51.0 Å². The number of hydrogen-bond acceptors (Lipinski definition) is 3. The van der Waals surface area contributed by atoms with Gasteiger partial charge in [0.15, 0.2) is 0 Å². The molecule has 1 aliphatic heterocycles. The van der Waals surface area contributed by atoms with E-state index in [-0.39, 0.29) is 0 Å². The Kier molecular flexibility index (Phi) is 4.95. The summed E-state index contributed by atoms with van der Waals surface area (Å²) in [6.07, 6.45) is 10.1. The predicted molar refractivity (Wildman–Crippen MR) is 86.1 cm³/mol. The van der Waals surface area contributed by atoms with Crippen molar-refractivity contribution in [3.05, 3.63) is 48.4 Å². The van der Waals surface area contributed by atoms with Gasteiger partial charge in [-0.1, -0.05) is 6.07 Å². The molecule has 1 saturated heterocycles. The van der Waals surface area contributed by atoms with E-state index in [4.69, 9.17) is 0 Å². The first-order valence-electron chi connectivity index (χ1n) is 8.00. The zero-order chi connectivity index (χ0) is 14.3. The van der Waals surface area contributed by atoms with Crippen LogP contribution in [-0.2, 0) is 6.42 Å². The van der Waals surface area contributed by atoms with Gasteiger partial charge in [-0.25, -0.2) is 0 Å². The predicted octanol–water partition coefficient (Wildman–Crippen LogP) is 3.56. The van der Waals surface area contributed by atoms with Crippen LogP contribution in [0, 0.1) is 0 Å². The van der Waals surface area contributed by atoms with Crippen molar-refractivity contribution in [2.24, 2.45) is 0 Å². The molecular weight excluding hydrogens is 258 g/mol. The van der Waals surface area contributed by atoms with Crippen LogP contribution in [0.1, 0.15) is 31.4 Å². The van der Waals surface area contributed by atoms with Crippen LogP contribution in [0.5, 0.6) is 0 Å². The first kappa shape index (κ1) is 14.2. The molecule has 0 unspecified atom stereocenters. The molecule has 0 aromatic carbocycles. The number of aromatic nitrogens is 2. The normalized spacial score (nSPS) is 15.4. The zero-order valence-corrected chi connectivity index (χ0v) is 12.5. The lowest BCUT2D eigenvalue weighted by Crippen LogP contribution is -2.20. The molecule has 2 aromatic heterocycles. The molecule has 0 atom stereocenters. The highest BCUT2D eigenvalue weighted by Crippen LogP contribution is 2.16. The lowest BCUT2D eigenvalue weighted by atomic mass is 10.1. The van der Waals surface area contributed by atoms with Crippen LogP contribution in [0.2, 0.25) is 0 Å². The molecule has 1 fully saturated rings. The lowest BCUT2D eigenvalue weighted by Gasteiger charge is -2.13. The molecule has 0 bridgehead atoms. The summed E-state index contributed by atoms with van der Waals surface area (Å²) in [7, 11) is 0. The molecule has 3 heterocycles. The zero-order valence-electron chi connectivity index (χ0n) is 12.5. The molecule has 0 N–H and O–H groups in total. The van der Waals surface area contributed by atoms with Crippen LogP contribution in [-0.4, -0.2) is 34.5 Å². The van der Waals surface area contributed by atoms with Gasteiger partial charge in [-0.3, -0.25) is 9.97 Å². The summed E-state index contributed by atoms with van der Waals surface area (Å²) in [5.41, 5.74) is 3.28. The number of aryl methyl sites for hydroxylation is 1. The van der Waals surface area contributed by atoms with E-state index in [2.05, 4.69) is 27.0 Å². The molecule has 21 heavy (non-hydrogen) atoms. The lowest BCUT2D eigenvalue weighted by molar-refractivity contribution is 0.330. The summed E-state index contributed by atoms with van der Waals surface area (Å²) in [6, 6.07) is 10.2. The molecule has 110 valence electrons. The average Bonchev–Trinajstić information content (AvgIpc) is 3.06. The number of hydrogen-bond donors (Lipinski definition) is 0. The van der Waals surface area contributed by atoms with Gasteiger partial charge in [0, 0.05) is 23.7 Å². The van der Waals surface area contributed by atoms with E-state index < -0.39 is 0 Å². The van der Waals surface area contributed by atoms with Gasteiger partial charge in [0.25, 0.3) is 0 Å². The van der Waals surface area contributed by atoms with Crippen molar-refractivity contribution in [2.75, 3.05) is 19.6 Å². The van der Waals surface area contributed by atoms with E-state index in [9.17, 15) is 0 Å². The second-order valence-electron chi connectivity index (χ2n) is 5.76. The summed E-state index contributed by atoms with van der Waals surface area (Å²) in [4.78, 5) is 11.5. The number of likely N-dealkylation sites (tertiary alicyclic amines) is 1. The Bertz CT molecular complexity index is 530. The second-order valence-corrected chi connectivity index (χ2v) is 5.76. The number of unbranched alkanes of at least 4 members (excludes halogenated alkanes) is 1. The van der Waals surface area contributed by atoms with Crippen LogP contribution >= 0.6 is 0 Å². The Hall–Kier alpha value is -1.74. The molecule has 3 heteroatoms. The molecule has 0 aliphatic carbocycles. The third-order valence-electron chi connectivity index (χ3n) is 4.14. The standard InChI is InChI=1S/C18H23N3/c1-3-11-19-18(8-1)16-9-10-17(20-15-16)7-2-4-12-21-13-5-6-14-21/h1,3,8-11,15H,2,4-7,12-14H2. The van der Waals surface area contributed by atoms with Crippen LogP contribution in [0.3, 0.4) is 0 Å². The highest BCUT2D eigenvalue weighted by molar-refractivity contribution is 5.57. The first-order valence-corrected chi connectivity index (χ1v) is 8.00. The summed E-state index contributed by atoms with van der Waals surface area (Å²) < 4.78 is 0. The molecule has 0 radical (unpaired) electrons. The van der Waals surface area contributed by atoms with Gasteiger partial charge in [-0.05, 0) is 76.0 Å². The number of nitrogens with zero attached hydrogens (tertiary/aromatic N) is 3. The summed E-state index contributed by atoms with van der Waals surface area (Å²) in [5.74, 6) is 0. The minimum Gasteiger partial charge on any atom is -0.303 e. The fourth-order valence-electron chi connectivity index (χ4n) is 2.91. The van der Waals surface area contributed by atoms with Gasteiger partial charge < -0.3 is 4.90 Å². The third-order valence-corrected chi connectivity index (χ3v) is 4.14. The Balaban J connectivity index is 1.46. The SMILES string of the molecule is c1ccc(-c2ccc(CCCCN3CCCC3)nc2)nc1. The molecule has 2 aromatic rings. The Labute approximate surface area is 127 Å². The number of pyridine rings is 2. The second kappa shape index (κ2) is 7.32. The maximum atomic E-state index is 4.57. The van der Waals surface area contributed by atoms with Gasteiger partial charge in [0.05, 0.1) is 5.69 Å². The molecule has 3 nitrogen and oxygen atoms in total. The van der Waals surface area contributed by atoms with Crippen LogP contribution in [0.15, 0.2) is 42.7 Å². The van der Waals surface area contributed by atoms with Gasteiger partial charge in [0.2, 0.25) is 0 Å². The summed E-state index contributed by atoms with van der Waals surface area (Å²) in [5, 5.41) is 0. The maximum absolute atomic E-state index is 4.57. The van der Waals surface area contributed by atoms with E-state index in [0.29, 0.717) is 0 Å². The molecule has 0 amide bonds. The summed E-state index contributed by atoms with van der Waals surface area (Å²) in [6.45, 7) is 3.86. The molecule has 0 saturated carbocycles. The van der Waals surface area contributed by atoms with E-state index in [1.54, 1.807) is 0 Å². The Morgan fingerprint density at radius 1 is 0.952 bits per heavy atom. The topological polar surface area (TPSA) is 29.0 Å². The highest BCUT2D eigenvalue weighted by atomic mass is 15.1. The highest BCUT2D eigenvalue weighted by Gasteiger charge is 2.10. The van der Waals surface area contributed by atoms with Crippen molar-refractivity contribution in [1.82, 2.24) is 14.9 Å². The van der Waals surface area contributed by atoms with E-state index >= 15 is 0 Å². The van der Waals surface area contributed by atoms with Crippen LogP contribution < -0.4 is 0 Å². The molecule has 0 spiro atoms. The molecule has 1 aliphatic rings. The Morgan fingerprint density at radius 3 is 2.57 bits per heavy atom. The average molecular weight is 281 g/mol. The minimum atomic E-state index is 0.991. The summed E-state index contributed by atoms with van der Waals surface area (Å²) >= 11 is 0. The molecule has 3 rings (SSSR count). The van der Waals surface area contributed by atoms with Crippen molar-refractivity contribution in [2.45, 2.75) is 32.1 Å². The van der Waals surface area contributed by atoms with E-state index in [1.807, 2.05) is 30.6 Å². The van der Waals surface area contributed by atoms with Crippen molar-refractivity contribution in [3.8, 4) is 11.3 Å². The van der Waals surface area contributed by atoms with Crippen molar-refractivity contribution in [3.63, 3.8) is 0 Å². The monoisotopic (exact) mass is 281 g/mol. The fraction of sp³-hybridized carbons (Fsp3) is 0.444. The fourth-order valence-corrected chi connectivity index (χ4v) is 2.91. The first-order chi connectivity index (χ1) is 10.4. The van der Waals surface area contributed by atoms with Gasteiger partial charge in [-0.2, -0.15) is 0 Å². The van der Waals surface area contributed by atoms with Crippen molar-refractivity contribution < 1.29 is 0 Å². The maximum Gasteiger partial charge on any atom is 0.0717 e. The van der Waals surface area contributed by atoms with Crippen molar-refractivity contribution >= 4 is 0 Å². The van der Waals surface area contributed by atoms with Crippen molar-refractivity contribution in [1.29, 1.82) is 0 Å². The third kappa shape index (κ3) is 4.11.